The van der Waals surface area contributed by atoms with Crippen LogP contribution in [0.3, 0.4) is 0 Å². The van der Waals surface area contributed by atoms with Crippen molar-refractivity contribution in [3.8, 4) is 0 Å². The lowest BCUT2D eigenvalue weighted by molar-refractivity contribution is 1.07. The van der Waals surface area contributed by atoms with Gasteiger partial charge in [-0.2, -0.15) is 0 Å². The van der Waals surface area contributed by atoms with Gasteiger partial charge in [0, 0.05) is 7.05 Å². The fraction of sp³-hybridized carbons (Fsp3) is 0.250. The molecule has 1 rings (SSSR count). The van der Waals surface area contributed by atoms with E-state index in [4.69, 9.17) is 0 Å². The smallest absolute Gasteiger partial charge is 0.0599 e. The maximum Gasteiger partial charge on any atom is 0.0599 e. The van der Waals surface area contributed by atoms with Gasteiger partial charge in [0.05, 0.1) is 5.69 Å². The lowest BCUT2D eigenvalue weighted by atomic mass is 10.2. The van der Waals surface area contributed by atoms with Crippen LogP contribution in [0.5, 0.6) is 0 Å². The second kappa shape index (κ2) is 2.53. The third-order valence-corrected chi connectivity index (χ3v) is 1.36. The Bertz CT molecular complexity index is 194. The van der Waals surface area contributed by atoms with Gasteiger partial charge in [0.2, 0.25) is 0 Å². The third kappa shape index (κ3) is 1.22. The molecule has 1 nitrogen and oxygen atoms in total. The number of hydrogen-bond acceptors (Lipinski definition) is 0. The van der Waals surface area contributed by atoms with Crippen molar-refractivity contribution < 1.29 is 0 Å². The van der Waals surface area contributed by atoms with E-state index in [1.165, 1.54) is 5.56 Å². The molecule has 0 amide bonds. The molecule has 1 aromatic carbocycles. The summed E-state index contributed by atoms with van der Waals surface area (Å²) in [6, 6.07) is 8.08. The Balaban J connectivity index is 3.01. The van der Waals surface area contributed by atoms with Gasteiger partial charge in [0.15, 0.2) is 0 Å². The van der Waals surface area contributed by atoms with Crippen LogP contribution in [0.4, 0.5) is 5.69 Å². The number of nitrogens with zero attached hydrogens (tertiary/aromatic N) is 1. The van der Waals surface area contributed by atoms with Crippen molar-refractivity contribution in [1.29, 1.82) is 0 Å². The van der Waals surface area contributed by atoms with Crippen LogP contribution in [-0.4, -0.2) is 7.05 Å². The molecule has 0 bridgehead atoms. The van der Waals surface area contributed by atoms with Gasteiger partial charge in [-0.1, -0.05) is 18.2 Å². The highest BCUT2D eigenvalue weighted by molar-refractivity contribution is 5.43. The van der Waals surface area contributed by atoms with E-state index in [0.29, 0.717) is 0 Å². The Morgan fingerprint density at radius 1 is 1.22 bits per heavy atom. The zero-order chi connectivity index (χ0) is 6.69. The first kappa shape index (κ1) is 6.14. The summed E-state index contributed by atoms with van der Waals surface area (Å²) in [6.45, 7) is 2.06. The number of hydrogen-bond donors (Lipinski definition) is 0. The number of rotatable bonds is 1. The zero-order valence-electron chi connectivity index (χ0n) is 5.76. The van der Waals surface area contributed by atoms with Gasteiger partial charge in [-0.05, 0) is 18.6 Å². The number of benzene rings is 1. The second-order valence-corrected chi connectivity index (χ2v) is 2.01. The molecule has 0 unspecified atom stereocenters. The van der Waals surface area contributed by atoms with Crippen LogP contribution in [-0.2, 0) is 0 Å². The van der Waals surface area contributed by atoms with Crippen molar-refractivity contribution in [3.05, 3.63) is 29.8 Å². The SMILES string of the molecule is C[N]c1ccccc1C. The average Bonchev–Trinajstić information content (AvgIpc) is 1.89. The van der Waals surface area contributed by atoms with E-state index in [0.717, 1.165) is 5.69 Å². The quantitative estimate of drug-likeness (QED) is 0.537. The highest BCUT2D eigenvalue weighted by Crippen LogP contribution is 2.11. The second-order valence-electron chi connectivity index (χ2n) is 2.01. The molecular formula is C8H10N. The molecule has 0 heterocycles. The first-order chi connectivity index (χ1) is 4.34. The van der Waals surface area contributed by atoms with Crippen LogP contribution in [0.15, 0.2) is 24.3 Å². The van der Waals surface area contributed by atoms with E-state index in [1.54, 1.807) is 0 Å². The van der Waals surface area contributed by atoms with Gasteiger partial charge in [0.1, 0.15) is 0 Å². The molecule has 0 atom stereocenters. The van der Waals surface area contributed by atoms with Crippen LogP contribution in [0.2, 0.25) is 0 Å². The summed E-state index contributed by atoms with van der Waals surface area (Å²) >= 11 is 0. The van der Waals surface area contributed by atoms with Crippen molar-refractivity contribution in [3.63, 3.8) is 0 Å². The maximum absolute atomic E-state index is 4.07. The molecule has 0 aliphatic rings. The van der Waals surface area contributed by atoms with Crippen molar-refractivity contribution in [2.24, 2.45) is 0 Å². The molecule has 1 aromatic rings. The Kier molecular flexibility index (Phi) is 1.73. The highest BCUT2D eigenvalue weighted by Gasteiger charge is 1.90. The van der Waals surface area contributed by atoms with Gasteiger partial charge >= 0.3 is 0 Å². The maximum atomic E-state index is 4.07. The minimum absolute atomic E-state index is 1.08. The molecule has 0 spiro atoms. The highest BCUT2D eigenvalue weighted by atomic mass is 14.8. The van der Waals surface area contributed by atoms with E-state index < -0.39 is 0 Å². The molecule has 0 saturated heterocycles. The molecule has 0 aliphatic heterocycles. The molecule has 0 aliphatic carbocycles. The third-order valence-electron chi connectivity index (χ3n) is 1.36. The summed E-state index contributed by atoms with van der Waals surface area (Å²) in [4.78, 5) is 0. The monoisotopic (exact) mass is 120 g/mol. The molecular weight excluding hydrogens is 110 g/mol. The van der Waals surface area contributed by atoms with Crippen LogP contribution in [0.25, 0.3) is 0 Å². The normalized spacial score (nSPS) is 9.11. The zero-order valence-corrected chi connectivity index (χ0v) is 5.76. The lowest BCUT2D eigenvalue weighted by Gasteiger charge is -1.98. The van der Waals surface area contributed by atoms with Gasteiger partial charge in [-0.3, -0.25) is 5.32 Å². The number of aryl methyl sites for hydroxylation is 1. The van der Waals surface area contributed by atoms with E-state index in [2.05, 4.69) is 18.3 Å². The van der Waals surface area contributed by atoms with Crippen LogP contribution >= 0.6 is 0 Å². The van der Waals surface area contributed by atoms with Gasteiger partial charge in [-0.25, -0.2) is 0 Å². The average molecular weight is 120 g/mol. The summed E-state index contributed by atoms with van der Waals surface area (Å²) in [7, 11) is 1.81. The molecule has 0 saturated carbocycles. The molecule has 0 fully saturated rings. The Morgan fingerprint density at radius 3 is 2.33 bits per heavy atom. The first-order valence-electron chi connectivity index (χ1n) is 3.00. The fourth-order valence-corrected chi connectivity index (χ4v) is 0.814. The van der Waals surface area contributed by atoms with E-state index in [-0.39, 0.29) is 0 Å². The first-order valence-corrected chi connectivity index (χ1v) is 3.00. The van der Waals surface area contributed by atoms with Crippen molar-refractivity contribution in [2.75, 3.05) is 7.05 Å². The Hall–Kier alpha value is -0.980. The van der Waals surface area contributed by atoms with Gasteiger partial charge < -0.3 is 0 Å². The van der Waals surface area contributed by atoms with Gasteiger partial charge in [0.25, 0.3) is 0 Å². The summed E-state index contributed by atoms with van der Waals surface area (Å²) < 4.78 is 0. The molecule has 1 heteroatoms. The summed E-state index contributed by atoms with van der Waals surface area (Å²) in [5.74, 6) is 0. The lowest BCUT2D eigenvalue weighted by Crippen LogP contribution is -1.87. The molecule has 1 radical (unpaired) electrons. The molecule has 9 heavy (non-hydrogen) atoms. The van der Waals surface area contributed by atoms with E-state index in [9.17, 15) is 0 Å². The Morgan fingerprint density at radius 2 is 1.89 bits per heavy atom. The predicted molar refractivity (Wildman–Crippen MR) is 38.9 cm³/mol. The van der Waals surface area contributed by atoms with Gasteiger partial charge in [-0.15, -0.1) is 0 Å². The number of para-hydroxylation sites is 1. The van der Waals surface area contributed by atoms with Crippen LogP contribution < -0.4 is 5.32 Å². The largest absolute Gasteiger partial charge is 0.288 e. The van der Waals surface area contributed by atoms with Crippen molar-refractivity contribution in [1.82, 2.24) is 5.32 Å². The summed E-state index contributed by atoms with van der Waals surface area (Å²) in [5, 5.41) is 4.07. The van der Waals surface area contributed by atoms with Crippen molar-refractivity contribution in [2.45, 2.75) is 6.92 Å². The van der Waals surface area contributed by atoms with Crippen LogP contribution in [0.1, 0.15) is 5.56 Å². The van der Waals surface area contributed by atoms with Crippen LogP contribution in [0, 0.1) is 6.92 Å². The van der Waals surface area contributed by atoms with Crippen molar-refractivity contribution >= 4 is 5.69 Å². The minimum Gasteiger partial charge on any atom is -0.288 e. The summed E-state index contributed by atoms with van der Waals surface area (Å²) in [6.07, 6.45) is 0. The molecule has 0 N–H and O–H groups in total. The Labute approximate surface area is 55.7 Å². The van der Waals surface area contributed by atoms with E-state index >= 15 is 0 Å². The standard InChI is InChI=1S/C8H10N/c1-7-5-3-4-6-8(7)9-2/h3-6H,1-2H3. The molecule has 0 aromatic heterocycles. The summed E-state index contributed by atoms with van der Waals surface area (Å²) in [5.41, 5.74) is 2.32. The predicted octanol–water partition coefficient (Wildman–Crippen LogP) is 1.86. The minimum atomic E-state index is 1.08. The van der Waals surface area contributed by atoms with E-state index in [1.807, 2.05) is 25.2 Å². The molecule has 47 valence electrons. The topological polar surface area (TPSA) is 14.1 Å². The fourth-order valence-electron chi connectivity index (χ4n) is 0.814.